The van der Waals surface area contributed by atoms with Crippen molar-refractivity contribution in [1.29, 1.82) is 0 Å². The lowest BCUT2D eigenvalue weighted by Crippen LogP contribution is -2.65. The van der Waals surface area contributed by atoms with Gasteiger partial charge in [0.2, 0.25) is 0 Å². The number of para-hydroxylation sites is 2. The van der Waals surface area contributed by atoms with Crippen LogP contribution in [0.2, 0.25) is 0 Å². The van der Waals surface area contributed by atoms with E-state index in [1.54, 1.807) is 0 Å². The van der Waals surface area contributed by atoms with E-state index in [4.69, 9.17) is 0 Å². The largest absolute Gasteiger partial charge is 0.335 e. The molecular formula is C56H50BN3. The fraction of sp³-hybridized carbons (Fsp3) is 0.250. The molecule has 0 radical (unpaired) electrons. The molecule has 0 bridgehead atoms. The molecule has 0 aromatic heterocycles. The first-order valence-electron chi connectivity index (χ1n) is 22.4. The molecule has 1 fully saturated rings. The Morgan fingerprint density at radius 1 is 0.567 bits per heavy atom. The number of nitrogens with zero attached hydrogens (tertiary/aromatic N) is 3. The molecule has 4 aliphatic heterocycles. The van der Waals surface area contributed by atoms with Gasteiger partial charge in [-0.25, -0.2) is 0 Å². The Morgan fingerprint density at radius 3 is 2.17 bits per heavy atom. The van der Waals surface area contributed by atoms with Crippen LogP contribution in [0.3, 0.4) is 0 Å². The molecule has 6 aliphatic rings. The minimum absolute atomic E-state index is 0.105. The molecule has 4 atom stereocenters. The maximum absolute atomic E-state index is 2.91. The molecule has 4 heteroatoms. The number of aryl methyl sites for hydroxylation is 3. The fourth-order valence-corrected chi connectivity index (χ4v) is 13.9. The fourth-order valence-electron chi connectivity index (χ4n) is 13.9. The Bertz CT molecular complexity index is 2940. The Morgan fingerprint density at radius 2 is 1.30 bits per heavy atom. The molecule has 4 unspecified atom stereocenters. The lowest BCUT2D eigenvalue weighted by Gasteiger charge is -2.54. The summed E-state index contributed by atoms with van der Waals surface area (Å²) in [7, 11) is 0. The van der Waals surface area contributed by atoms with Crippen molar-refractivity contribution in [3.63, 3.8) is 0 Å². The van der Waals surface area contributed by atoms with Crippen LogP contribution in [0.5, 0.6) is 0 Å². The minimum atomic E-state index is -0.247. The topological polar surface area (TPSA) is 9.72 Å². The SMILES string of the molecule is Cc1ccc(N2c3ccc(C)cc3B3c4cccc5c4N(c4cc(N6c7ccccc7C7CCc8ccccc8C76C)cc2c43)C2(C)CCCCC52c2ccccc2)cc1. The van der Waals surface area contributed by atoms with Gasteiger partial charge in [0, 0.05) is 51.1 Å². The summed E-state index contributed by atoms with van der Waals surface area (Å²) < 4.78 is 0. The Labute approximate surface area is 355 Å². The van der Waals surface area contributed by atoms with Gasteiger partial charge in [-0.15, -0.1) is 0 Å². The number of anilines is 7. The van der Waals surface area contributed by atoms with Crippen LogP contribution in [0.15, 0.2) is 152 Å². The highest BCUT2D eigenvalue weighted by Gasteiger charge is 2.64. The van der Waals surface area contributed by atoms with Crippen molar-refractivity contribution in [1.82, 2.24) is 0 Å². The van der Waals surface area contributed by atoms with Crippen LogP contribution in [-0.2, 0) is 17.4 Å². The van der Waals surface area contributed by atoms with E-state index in [0.717, 1.165) is 25.7 Å². The number of hydrogen-bond donors (Lipinski definition) is 0. The van der Waals surface area contributed by atoms with Gasteiger partial charge in [0.15, 0.2) is 0 Å². The molecule has 0 spiro atoms. The van der Waals surface area contributed by atoms with Gasteiger partial charge in [0.05, 0.1) is 11.1 Å². The number of hydrogen-bond acceptors (Lipinski definition) is 3. The smallest absolute Gasteiger partial charge is 0.252 e. The molecule has 3 nitrogen and oxygen atoms in total. The van der Waals surface area contributed by atoms with Gasteiger partial charge in [-0.05, 0) is 134 Å². The number of fused-ring (bicyclic) bond motifs is 12. The van der Waals surface area contributed by atoms with E-state index in [9.17, 15) is 0 Å². The van der Waals surface area contributed by atoms with Gasteiger partial charge in [0.1, 0.15) is 0 Å². The zero-order valence-electron chi connectivity index (χ0n) is 35.2. The summed E-state index contributed by atoms with van der Waals surface area (Å²) in [6.45, 7) is 9.75. The van der Waals surface area contributed by atoms with Crippen LogP contribution in [0, 0.1) is 13.8 Å². The molecule has 0 saturated heterocycles. The van der Waals surface area contributed by atoms with Crippen molar-refractivity contribution in [3.8, 4) is 0 Å². The lowest BCUT2D eigenvalue weighted by molar-refractivity contribution is 0.215. The van der Waals surface area contributed by atoms with E-state index in [2.05, 4.69) is 194 Å². The monoisotopic (exact) mass is 775 g/mol. The molecule has 0 amide bonds. The van der Waals surface area contributed by atoms with Crippen LogP contribution in [0.25, 0.3) is 0 Å². The van der Waals surface area contributed by atoms with E-state index < -0.39 is 0 Å². The number of rotatable bonds is 3. The van der Waals surface area contributed by atoms with Crippen LogP contribution in [0.1, 0.15) is 90.8 Å². The Hall–Kier alpha value is -6.00. The summed E-state index contributed by atoms with van der Waals surface area (Å²) in [5.74, 6) is 0.390. The molecule has 0 N–H and O–H groups in total. The quantitative estimate of drug-likeness (QED) is 0.166. The first kappa shape index (κ1) is 34.8. The van der Waals surface area contributed by atoms with Crippen molar-refractivity contribution < 1.29 is 0 Å². The van der Waals surface area contributed by atoms with E-state index in [0.29, 0.717) is 5.92 Å². The Balaban J connectivity index is 1.17. The van der Waals surface area contributed by atoms with Crippen LogP contribution < -0.4 is 31.1 Å². The minimum Gasteiger partial charge on any atom is -0.335 e. The van der Waals surface area contributed by atoms with E-state index in [1.807, 2.05) is 0 Å². The van der Waals surface area contributed by atoms with Crippen molar-refractivity contribution >= 4 is 62.9 Å². The first-order chi connectivity index (χ1) is 29.3. The lowest BCUT2D eigenvalue weighted by atomic mass is 9.33. The van der Waals surface area contributed by atoms with E-state index in [-0.39, 0.29) is 23.2 Å². The third-order valence-corrected chi connectivity index (χ3v) is 16.3. The zero-order chi connectivity index (χ0) is 40.1. The predicted octanol–water partition coefficient (Wildman–Crippen LogP) is 11.8. The summed E-state index contributed by atoms with van der Waals surface area (Å²) >= 11 is 0. The normalized spacial score (nSPS) is 24.8. The standard InChI is InChI=1S/C56H50BN3/c1-36-23-27-40(28-24-36)58-49-30-25-37(2)33-47(49)57-46-21-14-20-45-53(46)60(54(3)31-12-13-32-56(45,54)39-16-6-5-7-17-39)51-35-41(34-50(58)52(51)57)59-48-22-11-9-18-42(48)44-29-26-38-15-8-10-19-43(38)55(44,59)4/h5-11,14-25,27-28,30,33-35,44H,12-13,26,29,31-32H2,1-4H3. The third kappa shape index (κ3) is 4.18. The third-order valence-electron chi connectivity index (χ3n) is 16.3. The second-order valence-corrected chi connectivity index (χ2v) is 19.2. The maximum Gasteiger partial charge on any atom is 0.252 e. The second-order valence-electron chi connectivity index (χ2n) is 19.2. The summed E-state index contributed by atoms with van der Waals surface area (Å²) in [5.41, 5.74) is 23.0. The van der Waals surface area contributed by atoms with Gasteiger partial charge in [-0.3, -0.25) is 0 Å². The number of benzene rings is 7. The first-order valence-corrected chi connectivity index (χ1v) is 22.4. The molecule has 292 valence electrons. The van der Waals surface area contributed by atoms with Gasteiger partial charge in [0.25, 0.3) is 6.71 Å². The van der Waals surface area contributed by atoms with Crippen molar-refractivity contribution in [2.45, 2.75) is 88.6 Å². The average molecular weight is 776 g/mol. The van der Waals surface area contributed by atoms with Crippen molar-refractivity contribution in [3.05, 3.63) is 191 Å². The second kappa shape index (κ2) is 12.1. The van der Waals surface area contributed by atoms with Crippen LogP contribution >= 0.6 is 0 Å². The summed E-state index contributed by atoms with van der Waals surface area (Å²) in [6, 6.07) is 59.3. The van der Waals surface area contributed by atoms with Crippen molar-refractivity contribution in [2.75, 3.05) is 14.7 Å². The van der Waals surface area contributed by atoms with E-state index in [1.165, 1.54) is 108 Å². The zero-order valence-corrected chi connectivity index (χ0v) is 35.2. The molecule has 60 heavy (non-hydrogen) atoms. The molecule has 2 aliphatic carbocycles. The van der Waals surface area contributed by atoms with Gasteiger partial charge in [-0.2, -0.15) is 0 Å². The van der Waals surface area contributed by atoms with Gasteiger partial charge in [-0.1, -0.05) is 139 Å². The van der Waals surface area contributed by atoms with E-state index >= 15 is 0 Å². The molecule has 13 rings (SSSR count). The van der Waals surface area contributed by atoms with Crippen LogP contribution in [-0.4, -0.2) is 12.3 Å². The highest BCUT2D eigenvalue weighted by atomic mass is 15.3. The summed E-state index contributed by atoms with van der Waals surface area (Å²) in [5, 5.41) is 0. The summed E-state index contributed by atoms with van der Waals surface area (Å²) in [6.07, 6.45) is 7.00. The highest BCUT2D eigenvalue weighted by molar-refractivity contribution is 7.00. The van der Waals surface area contributed by atoms with Gasteiger partial charge < -0.3 is 14.7 Å². The highest BCUT2D eigenvalue weighted by Crippen LogP contribution is 2.66. The average Bonchev–Trinajstić information content (AvgIpc) is 3.69. The molecule has 1 saturated carbocycles. The van der Waals surface area contributed by atoms with Crippen molar-refractivity contribution in [2.24, 2.45) is 0 Å². The Kier molecular flexibility index (Phi) is 7.00. The molecular weight excluding hydrogens is 725 g/mol. The van der Waals surface area contributed by atoms with Crippen LogP contribution in [0.4, 0.5) is 39.8 Å². The molecule has 4 heterocycles. The molecule has 7 aromatic rings. The predicted molar refractivity (Wildman–Crippen MR) is 251 cm³/mol. The van der Waals surface area contributed by atoms with Gasteiger partial charge >= 0.3 is 0 Å². The maximum atomic E-state index is 2.91. The molecule has 7 aromatic carbocycles. The summed E-state index contributed by atoms with van der Waals surface area (Å²) in [4.78, 5) is 8.30.